The molecule has 0 saturated carbocycles. The molecule has 136 valence electrons. The molecule has 0 unspecified atom stereocenters. The minimum atomic E-state index is -2.92. The fraction of sp³-hybridized carbons (Fsp3) is 0.824. The number of hydrogen-bond acceptors (Lipinski definition) is 3. The number of rotatable bonds is 12. The summed E-state index contributed by atoms with van der Waals surface area (Å²) in [6, 6.07) is 0. The zero-order chi connectivity index (χ0) is 18.1. The Labute approximate surface area is 142 Å². The summed E-state index contributed by atoms with van der Waals surface area (Å²) >= 11 is 0. The molecule has 0 saturated heterocycles. The molecule has 0 spiro atoms. The fourth-order valence-corrected chi connectivity index (χ4v) is 3.81. The molecule has 0 aliphatic carbocycles. The summed E-state index contributed by atoms with van der Waals surface area (Å²) in [5, 5.41) is 2.82. The van der Waals surface area contributed by atoms with Crippen molar-refractivity contribution < 1.29 is 17.7 Å². The second kappa shape index (κ2) is 10.1. The van der Waals surface area contributed by atoms with E-state index in [0.29, 0.717) is 30.2 Å². The fourth-order valence-electron chi connectivity index (χ4n) is 2.20. The summed E-state index contributed by atoms with van der Waals surface area (Å²) in [4.78, 5) is 11.4. The van der Waals surface area contributed by atoms with Gasteiger partial charge in [-0.05, 0) is 19.3 Å². The van der Waals surface area contributed by atoms with E-state index >= 15 is 0 Å². The number of amides is 1. The first-order valence-electron chi connectivity index (χ1n) is 8.41. The molecular weight excluding hydrogens is 312 g/mol. The Hall–Kier alpha value is -0.880. The lowest BCUT2D eigenvalue weighted by Crippen LogP contribution is -2.43. The molecule has 0 aromatic carbocycles. The highest BCUT2D eigenvalue weighted by atomic mass is 32.2. The summed E-state index contributed by atoms with van der Waals surface area (Å²) in [5.41, 5.74) is 0.519. The highest BCUT2D eigenvalue weighted by Crippen LogP contribution is 2.07. The van der Waals surface area contributed by atoms with E-state index < -0.39 is 9.84 Å². The molecule has 0 radical (unpaired) electrons. The Kier molecular flexibility index (Phi) is 9.70. The average molecular weight is 348 g/mol. The molecule has 0 heterocycles. The van der Waals surface area contributed by atoms with Gasteiger partial charge in [-0.25, -0.2) is 8.42 Å². The number of quaternary nitrogens is 1. The maximum absolute atomic E-state index is 12.0. The van der Waals surface area contributed by atoms with Crippen LogP contribution in [0.1, 0.15) is 40.0 Å². The van der Waals surface area contributed by atoms with Crippen LogP contribution in [0.5, 0.6) is 0 Å². The van der Waals surface area contributed by atoms with Gasteiger partial charge in [0.05, 0.1) is 38.7 Å². The lowest BCUT2D eigenvalue weighted by molar-refractivity contribution is -0.890. The van der Waals surface area contributed by atoms with Gasteiger partial charge >= 0.3 is 0 Å². The molecule has 0 atom stereocenters. The molecule has 0 fully saturated rings. The van der Waals surface area contributed by atoms with Gasteiger partial charge in [0.1, 0.15) is 0 Å². The highest BCUT2D eigenvalue weighted by molar-refractivity contribution is 7.91. The van der Waals surface area contributed by atoms with Crippen molar-refractivity contribution in [3.8, 4) is 0 Å². The van der Waals surface area contributed by atoms with E-state index in [1.165, 1.54) is 0 Å². The van der Waals surface area contributed by atoms with E-state index in [4.69, 9.17) is 0 Å². The van der Waals surface area contributed by atoms with E-state index in [9.17, 15) is 13.2 Å². The smallest absolute Gasteiger partial charge is 0.246 e. The van der Waals surface area contributed by atoms with Crippen LogP contribution in [0.4, 0.5) is 0 Å². The molecule has 0 rings (SSSR count). The van der Waals surface area contributed by atoms with E-state index in [0.717, 1.165) is 30.4 Å². The summed E-state index contributed by atoms with van der Waals surface area (Å²) in [7, 11) is 1.28. The Morgan fingerprint density at radius 2 is 1.70 bits per heavy atom. The van der Waals surface area contributed by atoms with Crippen LogP contribution in [0.25, 0.3) is 0 Å². The molecule has 0 aromatic rings. The molecule has 0 aliphatic heterocycles. The molecule has 1 N–H and O–H groups in total. The number of carbonyl (C=O) groups is 1. The molecule has 0 bridgehead atoms. The second-order valence-electron chi connectivity index (χ2n) is 7.46. The van der Waals surface area contributed by atoms with Crippen molar-refractivity contribution in [2.24, 2.45) is 5.92 Å². The predicted octanol–water partition coefficient (Wildman–Crippen LogP) is 2.00. The Bertz CT molecular complexity index is 482. The number of hydrogen-bond donors (Lipinski definition) is 1. The monoisotopic (exact) mass is 347 g/mol. The van der Waals surface area contributed by atoms with Crippen molar-refractivity contribution >= 4 is 15.7 Å². The van der Waals surface area contributed by atoms with Gasteiger partial charge in [-0.1, -0.05) is 20.4 Å². The van der Waals surface area contributed by atoms with Crippen LogP contribution in [0, 0.1) is 5.92 Å². The third-order valence-electron chi connectivity index (χ3n) is 3.84. The third kappa shape index (κ3) is 12.2. The minimum absolute atomic E-state index is 0.105. The largest absolute Gasteiger partial charge is 0.352 e. The Morgan fingerprint density at radius 3 is 2.22 bits per heavy atom. The van der Waals surface area contributed by atoms with Crippen molar-refractivity contribution in [3.05, 3.63) is 12.2 Å². The molecule has 0 aromatic heterocycles. The van der Waals surface area contributed by atoms with Gasteiger partial charge in [0.15, 0.2) is 9.84 Å². The normalized spacial score (nSPS) is 12.4. The summed E-state index contributed by atoms with van der Waals surface area (Å²) in [5.74, 6) is 0.886. The summed E-state index contributed by atoms with van der Waals surface area (Å²) < 4.78 is 24.7. The third-order valence-corrected chi connectivity index (χ3v) is 5.61. The van der Waals surface area contributed by atoms with Crippen molar-refractivity contribution in [2.45, 2.75) is 40.0 Å². The van der Waals surface area contributed by atoms with Crippen molar-refractivity contribution in [2.75, 3.05) is 45.2 Å². The maximum atomic E-state index is 12.0. The van der Waals surface area contributed by atoms with Crippen LogP contribution >= 0.6 is 0 Å². The standard InChI is InChI=1S/C17H34N2O3S/c1-15(2)9-14-23(21,22)13-8-12-19(5,6)11-7-10-18-17(20)16(3)4/h15H,3,7-14H2,1-2,4-6H3/p+1. The van der Waals surface area contributed by atoms with Crippen molar-refractivity contribution in [3.63, 3.8) is 0 Å². The number of carbonyl (C=O) groups excluding carboxylic acids is 1. The van der Waals surface area contributed by atoms with Crippen LogP contribution in [0.15, 0.2) is 12.2 Å². The molecular formula is C17H35N2O3S+. The Morgan fingerprint density at radius 1 is 1.13 bits per heavy atom. The molecule has 23 heavy (non-hydrogen) atoms. The first-order valence-corrected chi connectivity index (χ1v) is 10.2. The van der Waals surface area contributed by atoms with Gasteiger partial charge in [-0.15, -0.1) is 0 Å². The van der Waals surface area contributed by atoms with Crippen LogP contribution in [-0.4, -0.2) is 64.0 Å². The topological polar surface area (TPSA) is 63.2 Å². The highest BCUT2D eigenvalue weighted by Gasteiger charge is 2.18. The van der Waals surface area contributed by atoms with Gasteiger partial charge in [-0.2, -0.15) is 0 Å². The first-order chi connectivity index (χ1) is 10.5. The quantitative estimate of drug-likeness (QED) is 0.334. The van der Waals surface area contributed by atoms with Crippen LogP contribution in [0.2, 0.25) is 0 Å². The Balaban J connectivity index is 3.99. The lowest BCUT2D eigenvalue weighted by Gasteiger charge is -2.30. The van der Waals surface area contributed by atoms with E-state index in [1.807, 2.05) is 13.8 Å². The molecule has 1 amide bonds. The molecule has 5 nitrogen and oxygen atoms in total. The molecule has 6 heteroatoms. The lowest BCUT2D eigenvalue weighted by atomic mass is 10.2. The van der Waals surface area contributed by atoms with Crippen LogP contribution < -0.4 is 5.32 Å². The van der Waals surface area contributed by atoms with Gasteiger partial charge < -0.3 is 9.80 Å². The van der Waals surface area contributed by atoms with Crippen molar-refractivity contribution in [1.29, 1.82) is 0 Å². The summed E-state index contributed by atoms with van der Waals surface area (Å²) in [6.45, 7) is 11.7. The summed E-state index contributed by atoms with van der Waals surface area (Å²) in [6.07, 6.45) is 2.29. The van der Waals surface area contributed by atoms with E-state index in [1.54, 1.807) is 6.92 Å². The average Bonchev–Trinajstić information content (AvgIpc) is 2.40. The molecule has 0 aliphatic rings. The predicted molar refractivity (Wildman–Crippen MR) is 97.0 cm³/mol. The van der Waals surface area contributed by atoms with Gasteiger partial charge in [0, 0.05) is 25.0 Å². The maximum Gasteiger partial charge on any atom is 0.246 e. The van der Waals surface area contributed by atoms with Gasteiger partial charge in [-0.3, -0.25) is 4.79 Å². The SMILES string of the molecule is C=C(C)C(=O)NCCC[N+](C)(C)CCCS(=O)(=O)CCC(C)C. The number of nitrogens with one attached hydrogen (secondary N) is 1. The number of nitrogens with zero attached hydrogens (tertiary/aromatic N) is 1. The number of sulfone groups is 1. The van der Waals surface area contributed by atoms with Crippen LogP contribution in [-0.2, 0) is 14.6 Å². The van der Waals surface area contributed by atoms with Crippen molar-refractivity contribution in [1.82, 2.24) is 5.32 Å². The second-order valence-corrected chi connectivity index (χ2v) is 9.76. The minimum Gasteiger partial charge on any atom is -0.352 e. The van der Waals surface area contributed by atoms with E-state index in [2.05, 4.69) is 26.0 Å². The zero-order valence-electron chi connectivity index (χ0n) is 15.5. The first kappa shape index (κ1) is 22.1. The van der Waals surface area contributed by atoms with Gasteiger partial charge in [0.25, 0.3) is 0 Å². The van der Waals surface area contributed by atoms with Gasteiger partial charge in [0.2, 0.25) is 5.91 Å². The van der Waals surface area contributed by atoms with Crippen LogP contribution in [0.3, 0.4) is 0 Å². The zero-order valence-corrected chi connectivity index (χ0v) is 16.3. The van der Waals surface area contributed by atoms with E-state index in [-0.39, 0.29) is 11.7 Å².